The maximum Gasteiger partial charge on any atom is 0.275 e. The number of nitrogens with zero attached hydrogens (tertiary/aromatic N) is 1. The molecule has 0 bridgehead atoms. The van der Waals surface area contributed by atoms with E-state index in [9.17, 15) is 15.0 Å². The summed E-state index contributed by atoms with van der Waals surface area (Å²) in [5.74, 6) is -0.597. The fourth-order valence-electron chi connectivity index (χ4n) is 2.33. The van der Waals surface area contributed by atoms with E-state index in [0.29, 0.717) is 5.56 Å². The fraction of sp³-hybridized carbons (Fsp3) is 0. The second-order valence-corrected chi connectivity index (χ2v) is 6.00. The molecule has 0 radical (unpaired) electrons. The van der Waals surface area contributed by atoms with E-state index in [-0.39, 0.29) is 17.1 Å². The highest BCUT2D eigenvalue weighted by Crippen LogP contribution is 2.28. The van der Waals surface area contributed by atoms with E-state index in [4.69, 9.17) is 0 Å². The number of aromatic hydroxyl groups is 2. The number of phenolic OH excluding ortho intramolecular Hbond substituents is 2. The van der Waals surface area contributed by atoms with Crippen molar-refractivity contribution in [2.45, 2.75) is 0 Å². The van der Waals surface area contributed by atoms with Crippen LogP contribution in [0.15, 0.2) is 64.2 Å². The molecule has 0 spiro atoms. The molecule has 3 aromatic rings. The second kappa shape index (κ2) is 6.72. The van der Waals surface area contributed by atoms with Gasteiger partial charge in [-0.15, -0.1) is 0 Å². The van der Waals surface area contributed by atoms with E-state index in [1.165, 1.54) is 18.3 Å². The van der Waals surface area contributed by atoms with Gasteiger partial charge in [0.2, 0.25) is 0 Å². The average Bonchev–Trinajstić information content (AvgIpc) is 2.57. The summed E-state index contributed by atoms with van der Waals surface area (Å²) in [6, 6.07) is 15.2. The molecule has 0 aromatic heterocycles. The van der Waals surface area contributed by atoms with E-state index in [2.05, 4.69) is 26.5 Å². The van der Waals surface area contributed by atoms with Crippen molar-refractivity contribution in [1.82, 2.24) is 5.43 Å². The van der Waals surface area contributed by atoms with Gasteiger partial charge in [-0.1, -0.05) is 40.2 Å². The summed E-state index contributed by atoms with van der Waals surface area (Å²) >= 11 is 3.40. The fourth-order valence-corrected chi connectivity index (χ4v) is 2.71. The summed E-state index contributed by atoms with van der Waals surface area (Å²) in [5, 5.41) is 25.3. The number of carbonyl (C=O) groups excluding carboxylic acids is 1. The van der Waals surface area contributed by atoms with Crippen LogP contribution in [-0.2, 0) is 0 Å². The minimum Gasteiger partial charge on any atom is -0.507 e. The second-order valence-electron chi connectivity index (χ2n) is 5.08. The Balaban J connectivity index is 1.87. The third kappa shape index (κ3) is 3.23. The molecule has 1 amide bonds. The lowest BCUT2D eigenvalue weighted by atomic mass is 10.0. The molecule has 0 atom stereocenters. The van der Waals surface area contributed by atoms with Gasteiger partial charge in [-0.2, -0.15) is 5.10 Å². The molecule has 0 saturated carbocycles. The van der Waals surface area contributed by atoms with Gasteiger partial charge in [0.25, 0.3) is 5.91 Å². The monoisotopic (exact) mass is 384 g/mol. The highest BCUT2D eigenvalue weighted by Gasteiger charge is 2.09. The minimum absolute atomic E-state index is 0.0605. The van der Waals surface area contributed by atoms with Crippen molar-refractivity contribution in [3.8, 4) is 11.5 Å². The van der Waals surface area contributed by atoms with Crippen LogP contribution < -0.4 is 5.43 Å². The predicted octanol–water partition coefficient (Wildman–Crippen LogP) is 3.78. The third-order valence-electron chi connectivity index (χ3n) is 3.51. The third-order valence-corrected chi connectivity index (χ3v) is 4.00. The van der Waals surface area contributed by atoms with Gasteiger partial charge in [0, 0.05) is 10.0 Å². The van der Waals surface area contributed by atoms with Crippen molar-refractivity contribution in [3.05, 3.63) is 70.2 Å². The van der Waals surface area contributed by atoms with Gasteiger partial charge in [0.15, 0.2) is 0 Å². The Kier molecular flexibility index (Phi) is 4.48. The predicted molar refractivity (Wildman–Crippen MR) is 96.5 cm³/mol. The van der Waals surface area contributed by atoms with Gasteiger partial charge in [-0.05, 0) is 41.1 Å². The summed E-state index contributed by atoms with van der Waals surface area (Å²) in [7, 11) is 0. The Morgan fingerprint density at radius 1 is 1.04 bits per heavy atom. The van der Waals surface area contributed by atoms with Crippen LogP contribution in [0, 0.1) is 0 Å². The van der Waals surface area contributed by atoms with Crippen LogP contribution in [0.25, 0.3) is 10.8 Å². The molecule has 5 nitrogen and oxygen atoms in total. The number of rotatable bonds is 3. The van der Waals surface area contributed by atoms with Crippen LogP contribution in [0.3, 0.4) is 0 Å². The normalized spacial score (nSPS) is 11.0. The van der Waals surface area contributed by atoms with Crippen molar-refractivity contribution >= 4 is 38.8 Å². The number of phenols is 2. The minimum atomic E-state index is -0.535. The summed E-state index contributed by atoms with van der Waals surface area (Å²) in [6.07, 6.45) is 1.38. The molecule has 6 heteroatoms. The molecule has 0 saturated heterocycles. The number of halogens is 1. The molecule has 3 N–H and O–H groups in total. The van der Waals surface area contributed by atoms with E-state index in [1.54, 1.807) is 24.3 Å². The topological polar surface area (TPSA) is 81.9 Å². The number of nitrogens with one attached hydrogen (secondary N) is 1. The molecule has 3 aromatic carbocycles. The van der Waals surface area contributed by atoms with E-state index >= 15 is 0 Å². The highest BCUT2D eigenvalue weighted by molar-refractivity contribution is 9.10. The Hall–Kier alpha value is -2.86. The number of amides is 1. The molecule has 0 aliphatic carbocycles. The number of hydrogen-bond donors (Lipinski definition) is 3. The number of para-hydroxylation sites is 1. The van der Waals surface area contributed by atoms with E-state index < -0.39 is 5.91 Å². The molecule has 120 valence electrons. The Labute approximate surface area is 146 Å². The lowest BCUT2D eigenvalue weighted by molar-refractivity contribution is 0.0952. The number of benzene rings is 3. The SMILES string of the molecule is O=C(N/N=C\c1c(O)ccc2cc(Br)ccc12)c1ccccc1O. The molecule has 0 fully saturated rings. The van der Waals surface area contributed by atoms with Gasteiger partial charge < -0.3 is 10.2 Å². The first-order valence-corrected chi connectivity index (χ1v) is 7.88. The zero-order valence-electron chi connectivity index (χ0n) is 12.4. The molecule has 0 unspecified atom stereocenters. The van der Waals surface area contributed by atoms with Crippen molar-refractivity contribution in [2.75, 3.05) is 0 Å². The first-order valence-electron chi connectivity index (χ1n) is 7.09. The van der Waals surface area contributed by atoms with Gasteiger partial charge in [0.05, 0.1) is 11.8 Å². The lowest BCUT2D eigenvalue weighted by Gasteiger charge is -2.06. The van der Waals surface area contributed by atoms with Crippen molar-refractivity contribution in [3.63, 3.8) is 0 Å². The van der Waals surface area contributed by atoms with Gasteiger partial charge >= 0.3 is 0 Å². The number of carbonyl (C=O) groups is 1. The first kappa shape index (κ1) is 16.0. The van der Waals surface area contributed by atoms with Crippen LogP contribution in [-0.4, -0.2) is 22.3 Å². The van der Waals surface area contributed by atoms with Gasteiger partial charge in [-0.25, -0.2) is 5.43 Å². The smallest absolute Gasteiger partial charge is 0.275 e. The lowest BCUT2D eigenvalue weighted by Crippen LogP contribution is -2.17. The van der Waals surface area contributed by atoms with Crippen LogP contribution in [0.4, 0.5) is 0 Å². The first-order chi connectivity index (χ1) is 11.6. The van der Waals surface area contributed by atoms with E-state index in [0.717, 1.165) is 15.2 Å². The number of hydrogen-bond acceptors (Lipinski definition) is 4. The molecule has 0 aliphatic heterocycles. The zero-order valence-corrected chi connectivity index (χ0v) is 14.0. The summed E-state index contributed by atoms with van der Waals surface area (Å²) in [5.41, 5.74) is 2.97. The van der Waals surface area contributed by atoms with Gasteiger partial charge in [-0.3, -0.25) is 4.79 Å². The highest BCUT2D eigenvalue weighted by atomic mass is 79.9. The number of hydrazone groups is 1. The van der Waals surface area contributed by atoms with Crippen molar-refractivity contribution in [2.24, 2.45) is 5.10 Å². The van der Waals surface area contributed by atoms with Crippen LogP contribution in [0.5, 0.6) is 11.5 Å². The molecule has 0 aliphatic rings. The molecule has 0 heterocycles. The summed E-state index contributed by atoms with van der Waals surface area (Å²) < 4.78 is 0.927. The maximum absolute atomic E-state index is 12.0. The zero-order chi connectivity index (χ0) is 17.1. The summed E-state index contributed by atoms with van der Waals surface area (Å²) in [6.45, 7) is 0. The van der Waals surface area contributed by atoms with Crippen molar-refractivity contribution < 1.29 is 15.0 Å². The molecular weight excluding hydrogens is 372 g/mol. The average molecular weight is 385 g/mol. The maximum atomic E-state index is 12.0. The largest absolute Gasteiger partial charge is 0.507 e. The summed E-state index contributed by atoms with van der Waals surface area (Å²) in [4.78, 5) is 12.0. The standard InChI is InChI=1S/C18H13BrN2O3/c19-12-6-7-13-11(9-12)5-8-17(23)15(13)10-20-21-18(24)14-3-1-2-4-16(14)22/h1-10,22-23H,(H,21,24)/b20-10-. The quantitative estimate of drug-likeness (QED) is 0.474. The van der Waals surface area contributed by atoms with Crippen LogP contribution >= 0.6 is 15.9 Å². The molecular formula is C18H13BrN2O3. The number of fused-ring (bicyclic) bond motifs is 1. The Morgan fingerprint density at radius 2 is 1.83 bits per heavy atom. The Bertz CT molecular complexity index is 954. The van der Waals surface area contributed by atoms with E-state index in [1.807, 2.05) is 18.2 Å². The molecule has 24 heavy (non-hydrogen) atoms. The molecule has 3 rings (SSSR count). The van der Waals surface area contributed by atoms with Gasteiger partial charge in [0.1, 0.15) is 11.5 Å². The van der Waals surface area contributed by atoms with Crippen LogP contribution in [0.1, 0.15) is 15.9 Å². The van der Waals surface area contributed by atoms with Crippen molar-refractivity contribution in [1.29, 1.82) is 0 Å². The van der Waals surface area contributed by atoms with Crippen LogP contribution in [0.2, 0.25) is 0 Å². The Morgan fingerprint density at radius 3 is 2.62 bits per heavy atom.